The van der Waals surface area contributed by atoms with Crippen LogP contribution in [0, 0.1) is 0 Å². The Morgan fingerprint density at radius 3 is 1.75 bits per heavy atom. The molecule has 3 heterocycles. The van der Waals surface area contributed by atoms with Gasteiger partial charge >= 0.3 is 0 Å². The van der Waals surface area contributed by atoms with E-state index in [0.717, 1.165) is 71.7 Å². The molecule has 0 amide bonds. The molecule has 0 bridgehead atoms. The van der Waals surface area contributed by atoms with Crippen molar-refractivity contribution in [1.82, 2.24) is 15.0 Å². The van der Waals surface area contributed by atoms with Gasteiger partial charge in [0.25, 0.3) is 0 Å². The predicted octanol–water partition coefficient (Wildman–Crippen LogP) is 12.6. The molecule has 0 spiro atoms. The molecule has 0 fully saturated rings. The zero-order valence-electron chi connectivity index (χ0n) is 29.1. The lowest BCUT2D eigenvalue weighted by molar-refractivity contribution is 0.620. The minimum Gasteiger partial charge on any atom is -0.456 e. The van der Waals surface area contributed by atoms with Gasteiger partial charge in [-0.2, -0.15) is 0 Å². The molecule has 0 N–H and O–H groups in total. The number of benzene rings is 7. The van der Waals surface area contributed by atoms with Gasteiger partial charge in [-0.05, 0) is 76.3 Å². The quantitative estimate of drug-likeness (QED) is 0.185. The van der Waals surface area contributed by atoms with Crippen molar-refractivity contribution < 1.29 is 8.83 Å². The first-order valence-corrected chi connectivity index (χ1v) is 17.9. The summed E-state index contributed by atoms with van der Waals surface area (Å²) in [6, 6.07) is 52.5. The molecule has 5 heteroatoms. The molecular formula is C48H31N3O2. The molecule has 0 atom stereocenters. The van der Waals surface area contributed by atoms with Crippen LogP contribution in [-0.2, 0) is 5.41 Å². The van der Waals surface area contributed by atoms with Crippen LogP contribution in [0.15, 0.2) is 160 Å². The normalized spacial score (nSPS) is 13.2. The average molecular weight is 682 g/mol. The molecule has 5 nitrogen and oxygen atoms in total. The van der Waals surface area contributed by atoms with Crippen molar-refractivity contribution in [1.29, 1.82) is 0 Å². The molecule has 0 aliphatic heterocycles. The summed E-state index contributed by atoms with van der Waals surface area (Å²) in [4.78, 5) is 15.1. The van der Waals surface area contributed by atoms with E-state index >= 15 is 0 Å². The molecule has 0 unspecified atom stereocenters. The number of para-hydroxylation sites is 2. The molecule has 11 rings (SSSR count). The molecule has 10 aromatic rings. The predicted molar refractivity (Wildman–Crippen MR) is 214 cm³/mol. The lowest BCUT2D eigenvalue weighted by Gasteiger charge is -2.22. The van der Waals surface area contributed by atoms with E-state index in [9.17, 15) is 0 Å². The summed E-state index contributed by atoms with van der Waals surface area (Å²) in [5.41, 5.74) is 13.4. The Balaban J connectivity index is 1.02. The Labute approximate surface area is 305 Å². The summed E-state index contributed by atoms with van der Waals surface area (Å²) in [6.07, 6.45) is 0. The van der Waals surface area contributed by atoms with Crippen LogP contribution in [0.4, 0.5) is 0 Å². The fourth-order valence-electron chi connectivity index (χ4n) is 8.30. The van der Waals surface area contributed by atoms with Gasteiger partial charge in [-0.25, -0.2) is 15.0 Å². The van der Waals surface area contributed by atoms with Gasteiger partial charge in [0.15, 0.2) is 17.5 Å². The molecule has 3 aromatic heterocycles. The fourth-order valence-corrected chi connectivity index (χ4v) is 8.30. The Morgan fingerprint density at radius 1 is 0.396 bits per heavy atom. The first-order chi connectivity index (χ1) is 26.0. The molecule has 1 aliphatic carbocycles. The van der Waals surface area contributed by atoms with Crippen molar-refractivity contribution in [2.75, 3.05) is 0 Å². The summed E-state index contributed by atoms with van der Waals surface area (Å²) < 4.78 is 12.7. The van der Waals surface area contributed by atoms with Crippen LogP contribution in [0.5, 0.6) is 0 Å². The van der Waals surface area contributed by atoms with Gasteiger partial charge < -0.3 is 8.83 Å². The smallest absolute Gasteiger partial charge is 0.164 e. The summed E-state index contributed by atoms with van der Waals surface area (Å²) in [5, 5.41) is 4.42. The highest BCUT2D eigenvalue weighted by Gasteiger charge is 2.38. The van der Waals surface area contributed by atoms with E-state index in [2.05, 4.69) is 98.8 Å². The molecule has 1 aliphatic rings. The van der Waals surface area contributed by atoms with Crippen molar-refractivity contribution in [2.45, 2.75) is 19.3 Å². The van der Waals surface area contributed by atoms with E-state index in [0.29, 0.717) is 17.5 Å². The van der Waals surface area contributed by atoms with Gasteiger partial charge in [0.2, 0.25) is 0 Å². The minimum atomic E-state index is -0.249. The van der Waals surface area contributed by atoms with E-state index in [-0.39, 0.29) is 5.41 Å². The van der Waals surface area contributed by atoms with Gasteiger partial charge in [0.1, 0.15) is 22.3 Å². The van der Waals surface area contributed by atoms with Crippen LogP contribution in [0.25, 0.3) is 100 Å². The van der Waals surface area contributed by atoms with Crippen LogP contribution in [0.3, 0.4) is 0 Å². The second-order valence-electron chi connectivity index (χ2n) is 14.4. The number of furan rings is 2. The van der Waals surface area contributed by atoms with E-state index in [4.69, 9.17) is 23.8 Å². The first-order valence-electron chi connectivity index (χ1n) is 17.9. The largest absolute Gasteiger partial charge is 0.456 e. The standard InChI is InChI=1S/C48H31N3O2/c1-48(2)39-27-30(19-21-33(39)36-22-23-37-34-15-6-9-18-41(34)53-44(37)43(36)48)29-13-10-14-31(25-29)46-49-45(28-11-4-3-5-12-28)50-47(51-46)32-20-24-42-38(26-32)35-16-7-8-17-40(35)52-42/h3-27H,1-2H3. The van der Waals surface area contributed by atoms with E-state index in [1.54, 1.807) is 0 Å². The van der Waals surface area contributed by atoms with Crippen molar-refractivity contribution in [3.8, 4) is 56.4 Å². The lowest BCUT2D eigenvalue weighted by atomic mass is 9.81. The third kappa shape index (κ3) is 4.54. The summed E-state index contributed by atoms with van der Waals surface area (Å²) in [7, 11) is 0. The SMILES string of the molecule is CC1(C)c2cc(-c3cccc(-c4nc(-c5ccccc5)nc(-c5ccc6oc7ccccc7c6c5)n4)c3)ccc2-c2ccc3c(oc4ccccc43)c21. The molecular weight excluding hydrogens is 651 g/mol. The zero-order valence-corrected chi connectivity index (χ0v) is 29.1. The number of hydrogen-bond donors (Lipinski definition) is 0. The second kappa shape index (κ2) is 11.1. The zero-order chi connectivity index (χ0) is 35.3. The highest BCUT2D eigenvalue weighted by Crippen LogP contribution is 2.53. The topological polar surface area (TPSA) is 65.0 Å². The van der Waals surface area contributed by atoms with Gasteiger partial charge in [0.05, 0.1) is 0 Å². The number of nitrogens with zero attached hydrogens (tertiary/aromatic N) is 3. The van der Waals surface area contributed by atoms with Crippen LogP contribution in [0.2, 0.25) is 0 Å². The molecule has 7 aromatic carbocycles. The number of fused-ring (bicyclic) bond motifs is 10. The third-order valence-corrected chi connectivity index (χ3v) is 10.9. The molecule has 0 radical (unpaired) electrons. The van der Waals surface area contributed by atoms with Crippen LogP contribution >= 0.6 is 0 Å². The summed E-state index contributed by atoms with van der Waals surface area (Å²) in [5.74, 6) is 1.86. The first kappa shape index (κ1) is 29.8. The molecule has 0 saturated heterocycles. The van der Waals surface area contributed by atoms with Crippen LogP contribution in [-0.4, -0.2) is 15.0 Å². The Kier molecular flexibility index (Phi) is 6.23. The van der Waals surface area contributed by atoms with E-state index < -0.39 is 0 Å². The third-order valence-electron chi connectivity index (χ3n) is 10.9. The van der Waals surface area contributed by atoms with Crippen molar-refractivity contribution in [2.24, 2.45) is 0 Å². The maximum atomic E-state index is 6.54. The molecule has 0 saturated carbocycles. The van der Waals surface area contributed by atoms with Gasteiger partial charge in [0, 0.05) is 49.2 Å². The monoisotopic (exact) mass is 681 g/mol. The van der Waals surface area contributed by atoms with Crippen LogP contribution < -0.4 is 0 Å². The minimum absolute atomic E-state index is 0.249. The van der Waals surface area contributed by atoms with E-state index in [1.165, 1.54) is 22.3 Å². The molecule has 250 valence electrons. The van der Waals surface area contributed by atoms with Gasteiger partial charge in [-0.3, -0.25) is 0 Å². The maximum Gasteiger partial charge on any atom is 0.164 e. The Morgan fingerprint density at radius 2 is 0.962 bits per heavy atom. The second-order valence-corrected chi connectivity index (χ2v) is 14.4. The van der Waals surface area contributed by atoms with Crippen LogP contribution in [0.1, 0.15) is 25.0 Å². The number of rotatable bonds is 4. The Bertz CT molecular complexity index is 3100. The number of aromatic nitrogens is 3. The van der Waals surface area contributed by atoms with Gasteiger partial charge in [-0.15, -0.1) is 0 Å². The van der Waals surface area contributed by atoms with Gasteiger partial charge in [-0.1, -0.05) is 117 Å². The summed E-state index contributed by atoms with van der Waals surface area (Å²) in [6.45, 7) is 4.62. The average Bonchev–Trinajstić information content (AvgIpc) is 3.85. The Hall–Kier alpha value is -6.85. The maximum absolute atomic E-state index is 6.54. The number of hydrogen-bond acceptors (Lipinski definition) is 5. The summed E-state index contributed by atoms with van der Waals surface area (Å²) >= 11 is 0. The molecule has 53 heavy (non-hydrogen) atoms. The van der Waals surface area contributed by atoms with Crippen molar-refractivity contribution in [3.05, 3.63) is 163 Å². The fraction of sp³-hybridized carbons (Fsp3) is 0.0625. The highest BCUT2D eigenvalue weighted by molar-refractivity contribution is 6.09. The van der Waals surface area contributed by atoms with E-state index in [1.807, 2.05) is 66.7 Å². The lowest BCUT2D eigenvalue weighted by Crippen LogP contribution is -2.15. The van der Waals surface area contributed by atoms with Crippen molar-refractivity contribution >= 4 is 43.9 Å². The highest BCUT2D eigenvalue weighted by atomic mass is 16.3. The van der Waals surface area contributed by atoms with Crippen molar-refractivity contribution in [3.63, 3.8) is 0 Å².